The number of hydrogen-bond donors (Lipinski definition) is 0. The summed E-state index contributed by atoms with van der Waals surface area (Å²) in [5, 5.41) is 2.15. The number of anilines is 1. The molecular formula is C29H29N3O2. The van der Waals surface area contributed by atoms with E-state index in [-0.39, 0.29) is 6.10 Å². The molecular weight excluding hydrogens is 422 g/mol. The van der Waals surface area contributed by atoms with Gasteiger partial charge in [-0.05, 0) is 71.8 Å². The lowest BCUT2D eigenvalue weighted by atomic mass is 10.0. The number of benzene rings is 2. The van der Waals surface area contributed by atoms with E-state index >= 15 is 0 Å². The van der Waals surface area contributed by atoms with Gasteiger partial charge < -0.3 is 14.5 Å². The van der Waals surface area contributed by atoms with Crippen LogP contribution in [0, 0.1) is 0 Å². The Morgan fingerprint density at radius 1 is 0.912 bits per heavy atom. The van der Waals surface area contributed by atoms with Crippen molar-refractivity contribution in [3.05, 3.63) is 89.3 Å². The van der Waals surface area contributed by atoms with Crippen molar-refractivity contribution in [2.75, 3.05) is 31.1 Å². The van der Waals surface area contributed by atoms with Gasteiger partial charge in [0.1, 0.15) is 24.0 Å². The highest BCUT2D eigenvalue weighted by atomic mass is 16.5. The number of piperidine rings is 1. The Hall–Kier alpha value is -3.60. The minimum Gasteiger partial charge on any atom is -0.490 e. The first-order valence-electron chi connectivity index (χ1n) is 12.3. The van der Waals surface area contributed by atoms with Crippen LogP contribution in [0.5, 0.6) is 5.75 Å². The van der Waals surface area contributed by atoms with Gasteiger partial charge >= 0.3 is 0 Å². The fourth-order valence-electron chi connectivity index (χ4n) is 5.31. The summed E-state index contributed by atoms with van der Waals surface area (Å²) in [5.41, 5.74) is 4.94. The van der Waals surface area contributed by atoms with Gasteiger partial charge in [-0.1, -0.05) is 18.2 Å². The zero-order valence-electron chi connectivity index (χ0n) is 19.3. The molecule has 0 saturated carbocycles. The summed E-state index contributed by atoms with van der Waals surface area (Å²) in [6.45, 7) is 3.97. The van der Waals surface area contributed by atoms with E-state index in [4.69, 9.17) is 4.74 Å². The van der Waals surface area contributed by atoms with Crippen LogP contribution in [0.3, 0.4) is 0 Å². The maximum atomic E-state index is 11.1. The average Bonchev–Trinajstić information content (AvgIpc) is 3.05. The van der Waals surface area contributed by atoms with Gasteiger partial charge in [0.05, 0.1) is 0 Å². The molecule has 1 aromatic heterocycles. The number of allylic oxidation sites excluding steroid dienone is 3. The summed E-state index contributed by atoms with van der Waals surface area (Å²) >= 11 is 0. The number of rotatable bonds is 5. The van der Waals surface area contributed by atoms with Crippen LogP contribution in [0.2, 0.25) is 0 Å². The lowest BCUT2D eigenvalue weighted by molar-refractivity contribution is 0.112. The van der Waals surface area contributed by atoms with E-state index in [1.165, 1.54) is 16.8 Å². The molecule has 1 fully saturated rings. The van der Waals surface area contributed by atoms with Crippen LogP contribution in [0.4, 0.5) is 5.82 Å². The monoisotopic (exact) mass is 451 g/mol. The van der Waals surface area contributed by atoms with Crippen molar-refractivity contribution in [1.29, 1.82) is 0 Å². The van der Waals surface area contributed by atoms with Crippen LogP contribution in [0.25, 0.3) is 10.8 Å². The third-order valence-electron chi connectivity index (χ3n) is 7.33. The first-order valence-corrected chi connectivity index (χ1v) is 12.3. The minimum absolute atomic E-state index is 0.221. The quantitative estimate of drug-likeness (QED) is 0.514. The Labute approximate surface area is 200 Å². The lowest BCUT2D eigenvalue weighted by Crippen LogP contribution is -2.38. The number of carbonyl (C=O) groups excluding carboxylic acids is 1. The smallest absolute Gasteiger partial charge is 0.150 e. The Morgan fingerprint density at radius 2 is 1.74 bits per heavy atom. The van der Waals surface area contributed by atoms with E-state index in [2.05, 4.69) is 51.2 Å². The number of pyridine rings is 1. The molecule has 6 rings (SSSR count). The van der Waals surface area contributed by atoms with E-state index < -0.39 is 0 Å². The molecule has 3 aliphatic rings. The molecule has 2 aromatic carbocycles. The fraction of sp³-hybridized carbons (Fsp3) is 0.310. The summed E-state index contributed by atoms with van der Waals surface area (Å²) < 4.78 is 6.45. The molecule has 0 radical (unpaired) electrons. The molecule has 0 atom stereocenters. The summed E-state index contributed by atoms with van der Waals surface area (Å²) in [7, 11) is 0. The Bertz CT molecular complexity index is 1290. The molecule has 0 bridgehead atoms. The number of aromatic nitrogens is 1. The van der Waals surface area contributed by atoms with Crippen LogP contribution in [-0.2, 0) is 12.8 Å². The molecule has 3 aromatic rings. The summed E-state index contributed by atoms with van der Waals surface area (Å²) in [6, 6.07) is 14.5. The van der Waals surface area contributed by atoms with Gasteiger partial charge in [0.2, 0.25) is 0 Å². The van der Waals surface area contributed by atoms with Gasteiger partial charge in [0.15, 0.2) is 0 Å². The van der Waals surface area contributed by atoms with E-state index in [1.54, 1.807) is 0 Å². The van der Waals surface area contributed by atoms with E-state index in [0.717, 1.165) is 80.5 Å². The number of carbonyl (C=O) groups is 1. The first-order chi connectivity index (χ1) is 16.8. The van der Waals surface area contributed by atoms with Crippen molar-refractivity contribution in [2.24, 2.45) is 0 Å². The third kappa shape index (κ3) is 4.07. The summed E-state index contributed by atoms with van der Waals surface area (Å²) in [5.74, 6) is 2.00. The van der Waals surface area contributed by atoms with E-state index in [9.17, 15) is 4.79 Å². The van der Waals surface area contributed by atoms with Gasteiger partial charge in [-0.25, -0.2) is 4.98 Å². The minimum atomic E-state index is 0.221. The van der Waals surface area contributed by atoms with Gasteiger partial charge in [-0.3, -0.25) is 4.79 Å². The van der Waals surface area contributed by atoms with Crippen LogP contribution in [-0.4, -0.2) is 48.5 Å². The van der Waals surface area contributed by atoms with Crippen LogP contribution >= 0.6 is 0 Å². The van der Waals surface area contributed by atoms with Crippen molar-refractivity contribution < 1.29 is 9.53 Å². The van der Waals surface area contributed by atoms with Gasteiger partial charge in [0, 0.05) is 61.9 Å². The van der Waals surface area contributed by atoms with Crippen LogP contribution in [0.1, 0.15) is 34.3 Å². The maximum absolute atomic E-state index is 11.1. The molecule has 1 saturated heterocycles. The Balaban J connectivity index is 1.10. The van der Waals surface area contributed by atoms with Crippen molar-refractivity contribution in [3.63, 3.8) is 0 Å². The zero-order chi connectivity index (χ0) is 22.9. The second-order valence-electron chi connectivity index (χ2n) is 9.41. The maximum Gasteiger partial charge on any atom is 0.150 e. The number of aldehydes is 1. The normalized spacial score (nSPS) is 18.2. The SMILES string of the molecule is O=Cc1ccc2c(N3CCC(Oc4ccc5c(c4)CCN(C4=CC=C4)CC5)CC3)nccc2c1. The molecule has 172 valence electrons. The Kier molecular flexibility index (Phi) is 5.54. The standard InChI is InChI=1S/C29H29N3O2/c33-20-21-4-7-28-24(18-21)8-13-30-29(28)32-16-11-26(12-17-32)34-27-6-5-22-9-14-31(25-2-1-3-25)15-10-23(22)19-27/h1-8,13,18-20,26H,9-12,14-17H2. The van der Waals surface area contributed by atoms with E-state index in [1.807, 2.05) is 30.5 Å². The average molecular weight is 452 g/mol. The second kappa shape index (κ2) is 8.98. The molecule has 0 amide bonds. The predicted octanol–water partition coefficient (Wildman–Crippen LogP) is 4.95. The zero-order valence-corrected chi connectivity index (χ0v) is 19.3. The number of ether oxygens (including phenoxy) is 1. The lowest BCUT2D eigenvalue weighted by Gasteiger charge is -2.33. The number of nitrogens with zero attached hydrogens (tertiary/aromatic N) is 3. The summed E-state index contributed by atoms with van der Waals surface area (Å²) in [6.07, 6.45) is 13.6. The second-order valence-corrected chi connectivity index (χ2v) is 9.41. The van der Waals surface area contributed by atoms with Crippen molar-refractivity contribution >= 4 is 22.9 Å². The van der Waals surface area contributed by atoms with Crippen molar-refractivity contribution in [3.8, 4) is 5.75 Å². The van der Waals surface area contributed by atoms with Gasteiger partial charge in [0.25, 0.3) is 0 Å². The fourth-order valence-corrected chi connectivity index (χ4v) is 5.31. The molecule has 0 unspecified atom stereocenters. The molecule has 0 N–H and O–H groups in total. The first kappa shape index (κ1) is 21.0. The van der Waals surface area contributed by atoms with E-state index in [0.29, 0.717) is 5.56 Å². The van der Waals surface area contributed by atoms with Crippen LogP contribution in [0.15, 0.2) is 72.6 Å². The van der Waals surface area contributed by atoms with Crippen molar-refractivity contribution in [2.45, 2.75) is 31.8 Å². The highest BCUT2D eigenvalue weighted by molar-refractivity contribution is 5.95. The molecule has 5 nitrogen and oxygen atoms in total. The Morgan fingerprint density at radius 3 is 2.50 bits per heavy atom. The highest BCUT2D eigenvalue weighted by Crippen LogP contribution is 2.30. The highest BCUT2D eigenvalue weighted by Gasteiger charge is 2.23. The van der Waals surface area contributed by atoms with Gasteiger partial charge in [-0.2, -0.15) is 0 Å². The topological polar surface area (TPSA) is 45.7 Å². The van der Waals surface area contributed by atoms with Crippen molar-refractivity contribution in [1.82, 2.24) is 9.88 Å². The molecule has 3 heterocycles. The summed E-state index contributed by atoms with van der Waals surface area (Å²) in [4.78, 5) is 20.6. The molecule has 2 aliphatic heterocycles. The molecule has 1 aliphatic carbocycles. The molecule has 34 heavy (non-hydrogen) atoms. The molecule has 0 spiro atoms. The number of fused-ring (bicyclic) bond motifs is 2. The molecule has 5 heteroatoms. The largest absolute Gasteiger partial charge is 0.490 e. The number of hydrogen-bond acceptors (Lipinski definition) is 5. The third-order valence-corrected chi connectivity index (χ3v) is 7.33. The predicted molar refractivity (Wildman–Crippen MR) is 136 cm³/mol. The van der Waals surface area contributed by atoms with Crippen LogP contribution < -0.4 is 9.64 Å². The van der Waals surface area contributed by atoms with Gasteiger partial charge in [-0.15, -0.1) is 0 Å².